The first-order valence-electron chi connectivity index (χ1n) is 3.15. The molecule has 0 radical (unpaired) electrons. The van der Waals surface area contributed by atoms with E-state index in [9.17, 15) is 4.39 Å². The fourth-order valence-corrected chi connectivity index (χ4v) is 1.64. The van der Waals surface area contributed by atoms with E-state index in [0.717, 1.165) is 5.46 Å². The summed E-state index contributed by atoms with van der Waals surface area (Å²) in [6.07, 6.45) is 0. The molecular formula is C7H7BBrFO. The van der Waals surface area contributed by atoms with Crippen LogP contribution in [0.25, 0.3) is 0 Å². The molecule has 4 heteroatoms. The van der Waals surface area contributed by atoms with Crippen LogP contribution in [0.4, 0.5) is 4.39 Å². The molecule has 11 heavy (non-hydrogen) atoms. The predicted molar refractivity (Wildman–Crippen MR) is 48.8 cm³/mol. The molecule has 0 bridgehead atoms. The monoisotopic (exact) mass is 216 g/mol. The van der Waals surface area contributed by atoms with Gasteiger partial charge in [-0.25, -0.2) is 4.39 Å². The Kier molecular flexibility index (Phi) is 2.55. The van der Waals surface area contributed by atoms with Crippen LogP contribution in [0.1, 0.15) is 0 Å². The molecule has 0 fully saturated rings. The number of rotatable bonds is 1. The highest BCUT2D eigenvalue weighted by molar-refractivity contribution is 9.10. The number of ether oxygens (including phenoxy) is 1. The number of hydrogen-bond donors (Lipinski definition) is 0. The molecule has 0 unspecified atom stereocenters. The lowest BCUT2D eigenvalue weighted by Crippen LogP contribution is -2.08. The molecule has 0 saturated carbocycles. The molecule has 1 rings (SSSR count). The van der Waals surface area contributed by atoms with Gasteiger partial charge in [0.25, 0.3) is 0 Å². The zero-order chi connectivity index (χ0) is 8.43. The summed E-state index contributed by atoms with van der Waals surface area (Å²) in [5.74, 6) is 0.432. The van der Waals surface area contributed by atoms with Gasteiger partial charge < -0.3 is 4.74 Å². The molecule has 0 aliphatic rings. The third-order valence-electron chi connectivity index (χ3n) is 1.40. The van der Waals surface area contributed by atoms with Crippen LogP contribution in [0.2, 0.25) is 0 Å². The maximum absolute atomic E-state index is 12.7. The van der Waals surface area contributed by atoms with Gasteiger partial charge in [-0.1, -0.05) is 0 Å². The summed E-state index contributed by atoms with van der Waals surface area (Å²) in [4.78, 5) is 0. The normalized spacial score (nSPS) is 9.73. The SMILES string of the molecule is Bc1cc(F)cc(Br)c1OC. The van der Waals surface area contributed by atoms with E-state index in [1.54, 1.807) is 15.0 Å². The Labute approximate surface area is 74.1 Å². The topological polar surface area (TPSA) is 9.23 Å². The van der Waals surface area contributed by atoms with Gasteiger partial charge in [0.15, 0.2) is 0 Å². The van der Waals surface area contributed by atoms with Crippen molar-refractivity contribution in [3.8, 4) is 5.75 Å². The quantitative estimate of drug-likeness (QED) is 0.633. The standard InChI is InChI=1S/C7H7BBrFO/c1-11-7-5(8)2-4(10)3-6(7)9/h2-3H,8H2,1H3. The van der Waals surface area contributed by atoms with Crippen molar-refractivity contribution >= 4 is 29.2 Å². The first-order chi connectivity index (χ1) is 5.15. The average molecular weight is 217 g/mol. The van der Waals surface area contributed by atoms with Crippen LogP contribution in [0.15, 0.2) is 16.6 Å². The van der Waals surface area contributed by atoms with Gasteiger partial charge in [0.2, 0.25) is 0 Å². The van der Waals surface area contributed by atoms with Gasteiger partial charge in [-0.05, 0) is 33.5 Å². The number of hydrogen-bond acceptors (Lipinski definition) is 1. The first kappa shape index (κ1) is 8.59. The maximum Gasteiger partial charge on any atom is 0.144 e. The van der Waals surface area contributed by atoms with Gasteiger partial charge in [0, 0.05) is 0 Å². The van der Waals surface area contributed by atoms with Crippen molar-refractivity contribution in [1.82, 2.24) is 0 Å². The lowest BCUT2D eigenvalue weighted by molar-refractivity contribution is 0.414. The van der Waals surface area contributed by atoms with E-state index in [1.807, 2.05) is 0 Å². The van der Waals surface area contributed by atoms with Crippen LogP contribution in [0, 0.1) is 5.82 Å². The Morgan fingerprint density at radius 2 is 2.18 bits per heavy atom. The lowest BCUT2D eigenvalue weighted by atomic mass is 9.95. The summed E-state index contributed by atoms with van der Waals surface area (Å²) >= 11 is 3.19. The number of methoxy groups -OCH3 is 1. The Balaban J connectivity index is 3.25. The third-order valence-corrected chi connectivity index (χ3v) is 1.99. The summed E-state index contributed by atoms with van der Waals surface area (Å²) in [7, 11) is 3.36. The minimum absolute atomic E-state index is 0.254. The molecule has 1 aromatic carbocycles. The molecule has 0 spiro atoms. The summed E-state index contributed by atoms with van der Waals surface area (Å²) in [6, 6.07) is 2.81. The Bertz CT molecular complexity index is 254. The van der Waals surface area contributed by atoms with Crippen molar-refractivity contribution in [2.45, 2.75) is 0 Å². The van der Waals surface area contributed by atoms with E-state index in [2.05, 4.69) is 15.9 Å². The van der Waals surface area contributed by atoms with Crippen LogP contribution < -0.4 is 10.2 Å². The second kappa shape index (κ2) is 3.26. The Hall–Kier alpha value is -0.505. The van der Waals surface area contributed by atoms with Gasteiger partial charge in [-0.2, -0.15) is 0 Å². The lowest BCUT2D eigenvalue weighted by Gasteiger charge is -2.06. The van der Waals surface area contributed by atoms with Crippen molar-refractivity contribution in [1.29, 1.82) is 0 Å². The Morgan fingerprint density at radius 1 is 1.55 bits per heavy atom. The van der Waals surface area contributed by atoms with Crippen molar-refractivity contribution in [3.63, 3.8) is 0 Å². The molecule has 58 valence electrons. The molecular weight excluding hydrogens is 210 g/mol. The van der Waals surface area contributed by atoms with Gasteiger partial charge >= 0.3 is 0 Å². The zero-order valence-corrected chi connectivity index (χ0v) is 7.90. The van der Waals surface area contributed by atoms with E-state index in [4.69, 9.17) is 4.74 Å². The van der Waals surface area contributed by atoms with Gasteiger partial charge in [0.1, 0.15) is 19.4 Å². The summed E-state index contributed by atoms with van der Waals surface area (Å²) < 4.78 is 18.3. The molecule has 1 aromatic rings. The summed E-state index contributed by atoms with van der Waals surface area (Å²) in [5, 5.41) is 0. The summed E-state index contributed by atoms with van der Waals surface area (Å²) in [5.41, 5.74) is 0.791. The van der Waals surface area contributed by atoms with Crippen molar-refractivity contribution in [2.75, 3.05) is 7.11 Å². The molecule has 0 aliphatic carbocycles. The number of halogens is 2. The maximum atomic E-state index is 12.7. The fraction of sp³-hybridized carbons (Fsp3) is 0.143. The van der Waals surface area contributed by atoms with Crippen LogP contribution in [0.3, 0.4) is 0 Å². The molecule has 1 nitrogen and oxygen atoms in total. The van der Waals surface area contributed by atoms with Crippen LogP contribution >= 0.6 is 15.9 Å². The second-order valence-corrected chi connectivity index (χ2v) is 3.09. The fourth-order valence-electron chi connectivity index (χ4n) is 0.948. The smallest absolute Gasteiger partial charge is 0.144 e. The van der Waals surface area contributed by atoms with E-state index in [0.29, 0.717) is 10.2 Å². The molecule has 0 N–H and O–H groups in total. The van der Waals surface area contributed by atoms with Crippen molar-refractivity contribution < 1.29 is 9.13 Å². The molecule has 0 atom stereocenters. The highest BCUT2D eigenvalue weighted by Crippen LogP contribution is 2.22. The predicted octanol–water partition coefficient (Wildman–Crippen LogP) is 0.855. The van der Waals surface area contributed by atoms with E-state index in [1.165, 1.54) is 12.1 Å². The number of benzene rings is 1. The van der Waals surface area contributed by atoms with Crippen LogP contribution in [-0.4, -0.2) is 15.0 Å². The Morgan fingerprint density at radius 3 is 2.64 bits per heavy atom. The van der Waals surface area contributed by atoms with Gasteiger partial charge in [0.05, 0.1) is 11.6 Å². The average Bonchev–Trinajstić information content (AvgIpc) is 1.85. The molecule has 0 heterocycles. The van der Waals surface area contributed by atoms with Gasteiger partial charge in [-0.15, -0.1) is 0 Å². The second-order valence-electron chi connectivity index (χ2n) is 2.24. The molecule has 0 aromatic heterocycles. The minimum atomic E-state index is -0.254. The van der Waals surface area contributed by atoms with Gasteiger partial charge in [-0.3, -0.25) is 0 Å². The molecule has 0 amide bonds. The highest BCUT2D eigenvalue weighted by Gasteiger charge is 2.04. The van der Waals surface area contributed by atoms with Crippen molar-refractivity contribution in [3.05, 3.63) is 22.4 Å². The van der Waals surface area contributed by atoms with Crippen LogP contribution in [0.5, 0.6) is 5.75 Å². The van der Waals surface area contributed by atoms with Crippen LogP contribution in [-0.2, 0) is 0 Å². The molecule has 0 aliphatic heterocycles. The largest absolute Gasteiger partial charge is 0.496 e. The highest BCUT2D eigenvalue weighted by atomic mass is 79.9. The minimum Gasteiger partial charge on any atom is -0.496 e. The molecule has 0 saturated heterocycles. The zero-order valence-electron chi connectivity index (χ0n) is 6.32. The van der Waals surface area contributed by atoms with Crippen molar-refractivity contribution in [2.24, 2.45) is 0 Å². The first-order valence-corrected chi connectivity index (χ1v) is 3.94. The van der Waals surface area contributed by atoms with E-state index in [-0.39, 0.29) is 5.82 Å². The third kappa shape index (κ3) is 1.74. The van der Waals surface area contributed by atoms with E-state index >= 15 is 0 Å². The summed E-state index contributed by atoms with van der Waals surface area (Å²) in [6.45, 7) is 0. The van der Waals surface area contributed by atoms with E-state index < -0.39 is 0 Å².